The van der Waals surface area contributed by atoms with Gasteiger partial charge in [0.25, 0.3) is 5.69 Å². The fourth-order valence-electron chi connectivity index (χ4n) is 0.609. The molecular formula is C6H4ClHg2NO3. The van der Waals surface area contributed by atoms with Gasteiger partial charge in [-0.3, -0.25) is 10.1 Å². The maximum absolute atomic E-state index is 10.1. The fraction of sp³-hybridized carbons (Fsp3) is 0. The number of nitrogens with zero attached hydrogens (tertiary/aromatic N) is 1. The first-order chi connectivity index (χ1) is 5.11. The molecule has 13 heavy (non-hydrogen) atoms. The molecule has 0 atom stereocenters. The van der Waals surface area contributed by atoms with Gasteiger partial charge < -0.3 is 5.11 Å². The second-order valence-corrected chi connectivity index (χ2v) is 2.30. The number of phenolic OH excluding ortho intramolecular Hbond substituents is 1. The Kier molecular flexibility index (Phi) is 8.57. The molecule has 62 valence electrons. The largest absolute Gasteiger partial charge is 0.506 e. The van der Waals surface area contributed by atoms with Gasteiger partial charge in [0.2, 0.25) is 0 Å². The molecule has 0 saturated carbocycles. The van der Waals surface area contributed by atoms with Gasteiger partial charge in [-0.2, -0.15) is 0 Å². The van der Waals surface area contributed by atoms with Gasteiger partial charge in [0, 0.05) is 67.5 Å². The van der Waals surface area contributed by atoms with Gasteiger partial charge in [0.1, 0.15) is 5.75 Å². The summed E-state index contributed by atoms with van der Waals surface area (Å²) in [4.78, 5) is 9.55. The van der Waals surface area contributed by atoms with Gasteiger partial charge in [-0.15, -0.1) is 0 Å². The van der Waals surface area contributed by atoms with Gasteiger partial charge in [-0.05, 0) is 6.07 Å². The van der Waals surface area contributed by atoms with Crippen molar-refractivity contribution in [3.8, 4) is 5.75 Å². The van der Waals surface area contributed by atoms with Crippen LogP contribution in [0.3, 0.4) is 0 Å². The van der Waals surface area contributed by atoms with Crippen LogP contribution in [0.5, 0.6) is 5.75 Å². The first kappa shape index (κ1) is 16.0. The number of nitro benzene ring substituents is 1. The molecule has 0 heterocycles. The minimum atomic E-state index is -0.578. The normalized spacial score (nSPS) is 8.08. The summed E-state index contributed by atoms with van der Waals surface area (Å²) in [7, 11) is 0. The Balaban J connectivity index is 0. The average molecular weight is 575 g/mol. The third kappa shape index (κ3) is 4.56. The first-order valence-corrected chi connectivity index (χ1v) is 3.12. The molecule has 0 aliphatic carbocycles. The molecule has 1 aromatic rings. The van der Waals surface area contributed by atoms with E-state index in [0.717, 1.165) is 6.07 Å². The number of hydrogen-bond acceptors (Lipinski definition) is 3. The maximum atomic E-state index is 10.1. The molecule has 0 aromatic heterocycles. The number of nitro groups is 1. The van der Waals surface area contributed by atoms with Crippen LogP contribution in [0.15, 0.2) is 18.2 Å². The minimum Gasteiger partial charge on any atom is -0.506 e. The minimum absolute atomic E-state index is 0. The number of phenols is 1. The summed E-state index contributed by atoms with van der Waals surface area (Å²) in [6.07, 6.45) is 0. The molecule has 0 amide bonds. The van der Waals surface area contributed by atoms with E-state index in [2.05, 4.69) is 0 Å². The molecule has 0 fully saturated rings. The van der Waals surface area contributed by atoms with Crippen LogP contribution < -0.4 is 0 Å². The number of hydrogen-bond donors (Lipinski definition) is 1. The third-order valence-electron chi connectivity index (χ3n) is 1.14. The van der Waals surface area contributed by atoms with Crippen LogP contribution in [0, 0.1) is 10.1 Å². The zero-order valence-corrected chi connectivity index (χ0v) is 18.5. The third-order valence-corrected chi connectivity index (χ3v) is 1.44. The molecule has 0 aliphatic rings. The van der Waals surface area contributed by atoms with E-state index in [9.17, 15) is 10.1 Å². The second kappa shape index (κ2) is 6.95. The molecule has 1 rings (SSSR count). The van der Waals surface area contributed by atoms with Crippen molar-refractivity contribution in [1.82, 2.24) is 0 Å². The van der Waals surface area contributed by atoms with E-state index in [-0.39, 0.29) is 71.8 Å². The Hall–Kier alpha value is 0.580. The van der Waals surface area contributed by atoms with Crippen LogP contribution >= 0.6 is 11.6 Å². The summed E-state index contributed by atoms with van der Waals surface area (Å²) in [6.45, 7) is 0. The standard InChI is InChI=1S/C6H4ClNO3.2Hg/c7-5-3-4(8(10)11)1-2-6(5)9;;/h1-3,9H;;. The van der Waals surface area contributed by atoms with E-state index in [1.165, 1.54) is 12.1 Å². The van der Waals surface area contributed by atoms with Crippen molar-refractivity contribution in [2.75, 3.05) is 0 Å². The van der Waals surface area contributed by atoms with Crippen LogP contribution in [0.25, 0.3) is 0 Å². The van der Waals surface area contributed by atoms with Crippen LogP contribution in [0.4, 0.5) is 5.69 Å². The molecule has 1 N–H and O–H groups in total. The summed E-state index contributed by atoms with van der Waals surface area (Å²) in [5.74, 6) is -0.155. The summed E-state index contributed by atoms with van der Waals surface area (Å²) in [5.41, 5.74) is -0.132. The Morgan fingerprint density at radius 1 is 1.38 bits per heavy atom. The van der Waals surface area contributed by atoms with Crippen molar-refractivity contribution in [1.29, 1.82) is 0 Å². The van der Waals surface area contributed by atoms with E-state index in [1.54, 1.807) is 0 Å². The topological polar surface area (TPSA) is 63.4 Å². The quantitative estimate of drug-likeness (QED) is 0.317. The summed E-state index contributed by atoms with van der Waals surface area (Å²) < 4.78 is 0. The van der Waals surface area contributed by atoms with Crippen LogP contribution in [-0.2, 0) is 55.3 Å². The molecule has 7 heteroatoms. The summed E-state index contributed by atoms with van der Waals surface area (Å²) in [5, 5.41) is 19.0. The number of rotatable bonds is 1. The van der Waals surface area contributed by atoms with E-state index in [0.29, 0.717) is 0 Å². The zero-order valence-electron chi connectivity index (χ0n) is 6.74. The van der Waals surface area contributed by atoms with Crippen LogP contribution in [0.2, 0.25) is 5.02 Å². The molecule has 4 nitrogen and oxygen atoms in total. The fourth-order valence-corrected chi connectivity index (χ4v) is 0.784. The van der Waals surface area contributed by atoms with Crippen molar-refractivity contribution < 1.29 is 65.4 Å². The number of non-ortho nitro benzene ring substituents is 1. The number of halogens is 1. The SMILES string of the molecule is O=[N+]([O-])c1ccc(O)c(Cl)c1.[Hg].[Hg]. The van der Waals surface area contributed by atoms with Gasteiger partial charge in [-0.25, -0.2) is 0 Å². The van der Waals surface area contributed by atoms with Gasteiger partial charge >= 0.3 is 0 Å². The maximum Gasteiger partial charge on any atom is 0.271 e. The first-order valence-electron chi connectivity index (χ1n) is 2.74. The molecule has 0 bridgehead atoms. The Bertz CT molecular complexity index is 308. The molecule has 0 spiro atoms. The van der Waals surface area contributed by atoms with Crippen molar-refractivity contribution in [3.63, 3.8) is 0 Å². The van der Waals surface area contributed by atoms with E-state index in [1.807, 2.05) is 0 Å². The van der Waals surface area contributed by atoms with Crippen molar-refractivity contribution in [2.24, 2.45) is 0 Å². The summed E-state index contributed by atoms with van der Waals surface area (Å²) in [6, 6.07) is 3.46. The molecule has 0 aliphatic heterocycles. The monoisotopic (exact) mass is 577 g/mol. The van der Waals surface area contributed by atoms with Crippen molar-refractivity contribution >= 4 is 17.3 Å². The predicted molar refractivity (Wildman–Crippen MR) is 39.8 cm³/mol. The van der Waals surface area contributed by atoms with E-state index in [4.69, 9.17) is 16.7 Å². The zero-order chi connectivity index (χ0) is 8.43. The Labute approximate surface area is 120 Å². The Morgan fingerprint density at radius 3 is 2.31 bits per heavy atom. The Morgan fingerprint density at radius 2 is 1.92 bits per heavy atom. The molecule has 0 saturated heterocycles. The molecule has 0 radical (unpaired) electrons. The number of benzene rings is 1. The summed E-state index contributed by atoms with van der Waals surface area (Å²) >= 11 is 5.40. The predicted octanol–water partition coefficient (Wildman–Crippen LogP) is 1.95. The molecular weight excluding hydrogens is 571 g/mol. The van der Waals surface area contributed by atoms with Crippen molar-refractivity contribution in [2.45, 2.75) is 0 Å². The van der Waals surface area contributed by atoms with E-state index >= 15 is 0 Å². The van der Waals surface area contributed by atoms with Gasteiger partial charge in [-0.1, -0.05) is 11.6 Å². The molecule has 0 unspecified atom stereocenters. The van der Waals surface area contributed by atoms with Crippen LogP contribution in [0.1, 0.15) is 0 Å². The second-order valence-electron chi connectivity index (χ2n) is 1.89. The van der Waals surface area contributed by atoms with E-state index < -0.39 is 4.92 Å². The molecule has 1 aromatic carbocycles. The van der Waals surface area contributed by atoms with Gasteiger partial charge in [0.05, 0.1) is 9.95 Å². The average Bonchev–Trinajstić information content (AvgIpc) is 1.94. The number of aromatic hydroxyl groups is 1. The smallest absolute Gasteiger partial charge is 0.271 e. The van der Waals surface area contributed by atoms with Crippen LogP contribution in [-0.4, -0.2) is 10.0 Å². The van der Waals surface area contributed by atoms with Gasteiger partial charge in [0.15, 0.2) is 0 Å². The van der Waals surface area contributed by atoms with Crippen molar-refractivity contribution in [3.05, 3.63) is 33.3 Å².